The second-order valence-corrected chi connectivity index (χ2v) is 6.18. The van der Waals surface area contributed by atoms with Crippen LogP contribution in [-0.4, -0.2) is 27.4 Å². The number of carbonyl (C=O) groups is 1. The molecular formula is C14H17N5OS. The maximum atomic E-state index is 12.0. The normalized spacial score (nSPS) is 14.0. The Morgan fingerprint density at radius 1 is 1.43 bits per heavy atom. The molecule has 0 unspecified atom stereocenters. The Bertz CT molecular complexity index is 654. The van der Waals surface area contributed by atoms with Gasteiger partial charge in [0.25, 0.3) is 5.91 Å². The lowest BCUT2D eigenvalue weighted by atomic mass is 10.1. The molecule has 21 heavy (non-hydrogen) atoms. The lowest BCUT2D eigenvalue weighted by molar-refractivity contribution is 0.0940. The van der Waals surface area contributed by atoms with Crippen LogP contribution in [0.4, 0.5) is 5.82 Å². The minimum atomic E-state index is -0.113. The molecule has 0 aromatic carbocycles. The largest absolute Gasteiger partial charge is 0.363 e. The van der Waals surface area contributed by atoms with Gasteiger partial charge in [-0.3, -0.25) is 4.79 Å². The van der Waals surface area contributed by atoms with E-state index in [0.29, 0.717) is 24.6 Å². The lowest BCUT2D eigenvalue weighted by Gasteiger charge is -2.20. The summed E-state index contributed by atoms with van der Waals surface area (Å²) in [7, 11) is 0. The molecule has 110 valence electrons. The molecule has 1 aliphatic heterocycles. The summed E-state index contributed by atoms with van der Waals surface area (Å²) in [5.74, 6) is 1.50. The number of thiazole rings is 1. The number of hydrogen-bond donors (Lipinski definition) is 2. The van der Waals surface area contributed by atoms with Gasteiger partial charge in [0.05, 0.1) is 6.54 Å². The first kappa shape index (κ1) is 13.9. The predicted octanol–water partition coefficient (Wildman–Crippen LogP) is 1.95. The molecule has 1 amide bonds. The van der Waals surface area contributed by atoms with Crippen LogP contribution in [0.5, 0.6) is 0 Å². The van der Waals surface area contributed by atoms with Gasteiger partial charge in [0.2, 0.25) is 0 Å². The molecule has 0 radical (unpaired) electrons. The van der Waals surface area contributed by atoms with Crippen LogP contribution in [0, 0.1) is 0 Å². The van der Waals surface area contributed by atoms with Crippen molar-refractivity contribution >= 4 is 23.1 Å². The first-order valence-electron chi connectivity index (χ1n) is 6.96. The number of hydrogen-bond acceptors (Lipinski definition) is 6. The molecule has 6 nitrogen and oxygen atoms in total. The SMILES string of the molecule is CC(C)c1nc(NCc2nccs2)c2c(n1)C(=O)NCC2. The van der Waals surface area contributed by atoms with Crippen LogP contribution in [0.15, 0.2) is 11.6 Å². The van der Waals surface area contributed by atoms with Gasteiger partial charge in [-0.1, -0.05) is 13.8 Å². The number of nitrogens with zero attached hydrogens (tertiary/aromatic N) is 3. The number of carbonyl (C=O) groups excluding carboxylic acids is 1. The highest BCUT2D eigenvalue weighted by atomic mass is 32.1. The van der Waals surface area contributed by atoms with Crippen molar-refractivity contribution < 1.29 is 4.79 Å². The molecule has 7 heteroatoms. The van der Waals surface area contributed by atoms with Crippen molar-refractivity contribution in [2.75, 3.05) is 11.9 Å². The van der Waals surface area contributed by atoms with Crippen LogP contribution in [0.1, 0.15) is 46.6 Å². The summed E-state index contributed by atoms with van der Waals surface area (Å²) in [6.07, 6.45) is 2.53. The highest BCUT2D eigenvalue weighted by molar-refractivity contribution is 7.09. The third-order valence-corrected chi connectivity index (χ3v) is 4.09. The second kappa shape index (κ2) is 5.77. The molecule has 1 aliphatic rings. The average molecular weight is 303 g/mol. The van der Waals surface area contributed by atoms with Gasteiger partial charge in [0.15, 0.2) is 0 Å². The van der Waals surface area contributed by atoms with Crippen molar-refractivity contribution in [3.05, 3.63) is 33.7 Å². The fraction of sp³-hybridized carbons (Fsp3) is 0.429. The van der Waals surface area contributed by atoms with Crippen LogP contribution in [0.25, 0.3) is 0 Å². The Morgan fingerprint density at radius 3 is 3.00 bits per heavy atom. The Morgan fingerprint density at radius 2 is 2.29 bits per heavy atom. The topological polar surface area (TPSA) is 79.8 Å². The van der Waals surface area contributed by atoms with Crippen LogP contribution >= 0.6 is 11.3 Å². The zero-order valence-electron chi connectivity index (χ0n) is 12.0. The predicted molar refractivity (Wildman–Crippen MR) is 81.6 cm³/mol. The summed E-state index contributed by atoms with van der Waals surface area (Å²) in [5.41, 5.74) is 1.40. The summed E-state index contributed by atoms with van der Waals surface area (Å²) in [6.45, 7) is 5.28. The van der Waals surface area contributed by atoms with E-state index in [4.69, 9.17) is 0 Å². The molecule has 0 bridgehead atoms. The standard InChI is InChI=1S/C14H17N5OS/c1-8(2)12-18-11-9(3-4-16-14(11)20)13(19-12)17-7-10-15-5-6-21-10/h5-6,8H,3-4,7H2,1-2H3,(H,16,20)(H,17,18,19). The monoisotopic (exact) mass is 303 g/mol. The van der Waals surface area contributed by atoms with Gasteiger partial charge in [-0.15, -0.1) is 11.3 Å². The molecule has 2 aromatic rings. The molecule has 0 fully saturated rings. The molecule has 3 heterocycles. The Balaban J connectivity index is 1.95. The van der Waals surface area contributed by atoms with Gasteiger partial charge in [-0.05, 0) is 6.42 Å². The van der Waals surface area contributed by atoms with E-state index in [1.54, 1.807) is 17.5 Å². The van der Waals surface area contributed by atoms with Crippen LogP contribution in [0.3, 0.4) is 0 Å². The van der Waals surface area contributed by atoms with Crippen LogP contribution < -0.4 is 10.6 Å². The molecule has 2 N–H and O–H groups in total. The van der Waals surface area contributed by atoms with E-state index in [1.807, 2.05) is 19.2 Å². The van der Waals surface area contributed by atoms with E-state index in [1.165, 1.54) is 0 Å². The van der Waals surface area contributed by atoms with Crippen LogP contribution in [-0.2, 0) is 13.0 Å². The van der Waals surface area contributed by atoms with Gasteiger partial charge in [-0.25, -0.2) is 15.0 Å². The van der Waals surface area contributed by atoms with Crippen molar-refractivity contribution in [2.24, 2.45) is 0 Å². The number of aromatic nitrogens is 3. The summed E-state index contributed by atoms with van der Waals surface area (Å²) in [5, 5.41) is 9.08. The molecular weight excluding hydrogens is 286 g/mol. The maximum absolute atomic E-state index is 12.0. The number of rotatable bonds is 4. The van der Waals surface area contributed by atoms with Crippen molar-refractivity contribution in [3.63, 3.8) is 0 Å². The third-order valence-electron chi connectivity index (χ3n) is 3.31. The van der Waals surface area contributed by atoms with Gasteiger partial charge in [0.1, 0.15) is 22.3 Å². The summed E-state index contributed by atoms with van der Waals surface area (Å²) >= 11 is 1.59. The number of anilines is 1. The molecule has 2 aromatic heterocycles. The van der Waals surface area contributed by atoms with E-state index >= 15 is 0 Å². The molecule has 0 spiro atoms. The summed E-state index contributed by atoms with van der Waals surface area (Å²) in [6, 6.07) is 0. The first-order valence-corrected chi connectivity index (χ1v) is 7.84. The van der Waals surface area contributed by atoms with E-state index < -0.39 is 0 Å². The maximum Gasteiger partial charge on any atom is 0.270 e. The molecule has 0 aliphatic carbocycles. The quantitative estimate of drug-likeness (QED) is 0.902. The van der Waals surface area contributed by atoms with Crippen molar-refractivity contribution in [1.82, 2.24) is 20.3 Å². The fourth-order valence-corrected chi connectivity index (χ4v) is 2.77. The molecule has 3 rings (SSSR count). The third kappa shape index (κ3) is 2.87. The highest BCUT2D eigenvalue weighted by Crippen LogP contribution is 2.23. The summed E-state index contributed by atoms with van der Waals surface area (Å²) < 4.78 is 0. The van der Waals surface area contributed by atoms with E-state index in [2.05, 4.69) is 25.6 Å². The van der Waals surface area contributed by atoms with E-state index in [0.717, 1.165) is 22.8 Å². The van der Waals surface area contributed by atoms with Crippen molar-refractivity contribution in [2.45, 2.75) is 32.7 Å². The summed E-state index contributed by atoms with van der Waals surface area (Å²) in [4.78, 5) is 25.3. The van der Waals surface area contributed by atoms with Crippen molar-refractivity contribution in [3.8, 4) is 0 Å². The molecule has 0 atom stereocenters. The second-order valence-electron chi connectivity index (χ2n) is 5.20. The van der Waals surface area contributed by atoms with Gasteiger partial charge in [-0.2, -0.15) is 0 Å². The minimum Gasteiger partial charge on any atom is -0.363 e. The zero-order chi connectivity index (χ0) is 14.8. The Kier molecular flexibility index (Phi) is 3.83. The Labute approximate surface area is 127 Å². The fourth-order valence-electron chi connectivity index (χ4n) is 2.21. The van der Waals surface area contributed by atoms with E-state index in [9.17, 15) is 4.79 Å². The lowest BCUT2D eigenvalue weighted by Crippen LogP contribution is -2.34. The number of amides is 1. The number of fused-ring (bicyclic) bond motifs is 1. The van der Waals surface area contributed by atoms with Crippen LogP contribution in [0.2, 0.25) is 0 Å². The van der Waals surface area contributed by atoms with Gasteiger partial charge in [0, 0.05) is 29.6 Å². The average Bonchev–Trinajstić information content (AvgIpc) is 2.98. The zero-order valence-corrected chi connectivity index (χ0v) is 12.8. The van der Waals surface area contributed by atoms with Crippen molar-refractivity contribution in [1.29, 1.82) is 0 Å². The van der Waals surface area contributed by atoms with Gasteiger partial charge < -0.3 is 10.6 Å². The van der Waals surface area contributed by atoms with E-state index in [-0.39, 0.29) is 11.8 Å². The van der Waals surface area contributed by atoms with Gasteiger partial charge >= 0.3 is 0 Å². The smallest absolute Gasteiger partial charge is 0.270 e. The molecule has 0 saturated carbocycles. The number of nitrogens with one attached hydrogen (secondary N) is 2. The highest BCUT2D eigenvalue weighted by Gasteiger charge is 2.24. The Hall–Kier alpha value is -2.02. The minimum absolute atomic E-state index is 0.113. The molecule has 0 saturated heterocycles. The first-order chi connectivity index (χ1) is 10.1.